The van der Waals surface area contributed by atoms with Gasteiger partial charge in [0.05, 0.1) is 0 Å². The van der Waals surface area contributed by atoms with E-state index in [0.717, 1.165) is 5.15 Å². The summed E-state index contributed by atoms with van der Waals surface area (Å²) in [6, 6.07) is 1.95. The van der Waals surface area contributed by atoms with Crippen molar-refractivity contribution in [2.24, 2.45) is 0 Å². The summed E-state index contributed by atoms with van der Waals surface area (Å²) in [6.07, 6.45) is 1.94. The Morgan fingerprint density at radius 2 is 2.22 bits per heavy atom. The minimum atomic E-state index is 0.564. The number of aromatic nitrogens is 1. The average molecular weight is 144 g/mol. The van der Waals surface area contributed by atoms with Crippen molar-refractivity contribution in [3.8, 4) is 0 Å². The van der Waals surface area contributed by atoms with Gasteiger partial charge >= 0.3 is 0 Å². The van der Waals surface area contributed by atoms with Gasteiger partial charge in [0.1, 0.15) is 5.15 Å². The van der Waals surface area contributed by atoms with Gasteiger partial charge in [0, 0.05) is 6.20 Å². The molecule has 0 saturated carbocycles. The van der Waals surface area contributed by atoms with Crippen molar-refractivity contribution < 1.29 is 0 Å². The van der Waals surface area contributed by atoms with E-state index in [1.165, 1.54) is 5.56 Å². The first kappa shape index (κ1) is 6.69. The van der Waals surface area contributed by atoms with E-state index in [1.54, 1.807) is 0 Å². The van der Waals surface area contributed by atoms with Crippen LogP contribution in [0.25, 0.3) is 0 Å². The van der Waals surface area contributed by atoms with Gasteiger partial charge < -0.3 is 4.98 Å². The maximum absolute atomic E-state index is 5.65. The summed E-state index contributed by atoms with van der Waals surface area (Å²) in [5.41, 5.74) is 1.26. The summed E-state index contributed by atoms with van der Waals surface area (Å²) >= 11 is 5.65. The Bertz CT molecular complexity index is 191. The van der Waals surface area contributed by atoms with E-state index in [2.05, 4.69) is 18.8 Å². The molecule has 0 aromatic carbocycles. The highest BCUT2D eigenvalue weighted by molar-refractivity contribution is 6.29. The van der Waals surface area contributed by atoms with Gasteiger partial charge in [-0.1, -0.05) is 25.4 Å². The molecule has 0 saturated heterocycles. The maximum Gasteiger partial charge on any atom is 0.106 e. The molecule has 0 aliphatic carbocycles. The molecule has 0 radical (unpaired) electrons. The maximum atomic E-state index is 5.65. The van der Waals surface area contributed by atoms with Crippen LogP contribution in [0, 0.1) is 0 Å². The third-order valence-electron chi connectivity index (χ3n) is 1.34. The molecular formula is C7H10ClN. The molecule has 0 amide bonds. The lowest BCUT2D eigenvalue weighted by Gasteiger charge is -1.96. The predicted molar refractivity (Wildman–Crippen MR) is 39.9 cm³/mol. The molecule has 1 rings (SSSR count). The lowest BCUT2D eigenvalue weighted by atomic mass is 10.1. The first-order chi connectivity index (χ1) is 4.20. The molecule has 0 atom stereocenters. The van der Waals surface area contributed by atoms with Crippen LogP contribution in [0.3, 0.4) is 0 Å². The van der Waals surface area contributed by atoms with Crippen molar-refractivity contribution in [2.75, 3.05) is 0 Å². The Labute approximate surface area is 60.0 Å². The molecule has 1 nitrogen and oxygen atoms in total. The molecule has 0 aliphatic heterocycles. The molecule has 1 N–H and O–H groups in total. The van der Waals surface area contributed by atoms with E-state index < -0.39 is 0 Å². The first-order valence-corrected chi connectivity index (χ1v) is 3.42. The molecule has 0 fully saturated rings. The fraction of sp³-hybridized carbons (Fsp3) is 0.429. The van der Waals surface area contributed by atoms with Crippen LogP contribution in [-0.2, 0) is 0 Å². The van der Waals surface area contributed by atoms with Crippen LogP contribution in [0.15, 0.2) is 12.3 Å². The van der Waals surface area contributed by atoms with Crippen LogP contribution >= 0.6 is 11.6 Å². The van der Waals surface area contributed by atoms with Gasteiger partial charge in [-0.05, 0) is 17.5 Å². The van der Waals surface area contributed by atoms with Crippen molar-refractivity contribution in [1.29, 1.82) is 0 Å². The molecule has 0 aliphatic rings. The number of hydrogen-bond acceptors (Lipinski definition) is 0. The number of nitrogens with one attached hydrogen (secondary N) is 1. The van der Waals surface area contributed by atoms with Gasteiger partial charge in [-0.3, -0.25) is 0 Å². The Hall–Kier alpha value is -0.430. The molecule has 0 spiro atoms. The van der Waals surface area contributed by atoms with E-state index in [-0.39, 0.29) is 0 Å². The summed E-state index contributed by atoms with van der Waals surface area (Å²) in [5.74, 6) is 0.564. The lowest BCUT2D eigenvalue weighted by molar-refractivity contribution is 0.868. The van der Waals surface area contributed by atoms with Gasteiger partial charge in [-0.25, -0.2) is 0 Å². The second-order valence-corrected chi connectivity index (χ2v) is 2.84. The molecule has 2 heteroatoms. The van der Waals surface area contributed by atoms with Crippen molar-refractivity contribution >= 4 is 11.6 Å². The number of halogens is 1. The quantitative estimate of drug-likeness (QED) is 0.622. The highest BCUT2D eigenvalue weighted by atomic mass is 35.5. The number of aromatic amines is 1. The van der Waals surface area contributed by atoms with E-state index in [0.29, 0.717) is 5.92 Å². The molecule has 9 heavy (non-hydrogen) atoms. The van der Waals surface area contributed by atoms with Gasteiger partial charge in [0.2, 0.25) is 0 Å². The normalized spacial score (nSPS) is 10.7. The van der Waals surface area contributed by atoms with Gasteiger partial charge in [0.25, 0.3) is 0 Å². The Kier molecular flexibility index (Phi) is 1.81. The van der Waals surface area contributed by atoms with Crippen LogP contribution in [0.4, 0.5) is 0 Å². The zero-order valence-electron chi connectivity index (χ0n) is 5.61. The van der Waals surface area contributed by atoms with Gasteiger partial charge in [-0.2, -0.15) is 0 Å². The average Bonchev–Trinajstić information content (AvgIpc) is 2.14. The molecule has 1 aromatic rings. The summed E-state index contributed by atoms with van der Waals surface area (Å²) in [7, 11) is 0. The third-order valence-corrected chi connectivity index (χ3v) is 1.55. The van der Waals surface area contributed by atoms with E-state index in [1.807, 2.05) is 12.3 Å². The van der Waals surface area contributed by atoms with Crippen LogP contribution in [0.2, 0.25) is 5.15 Å². The lowest BCUT2D eigenvalue weighted by Crippen LogP contribution is -1.79. The van der Waals surface area contributed by atoms with Crippen molar-refractivity contribution in [3.05, 3.63) is 23.0 Å². The highest BCUT2D eigenvalue weighted by Gasteiger charge is 1.99. The van der Waals surface area contributed by atoms with Crippen LogP contribution in [-0.4, -0.2) is 4.98 Å². The second kappa shape index (κ2) is 2.44. The smallest absolute Gasteiger partial charge is 0.106 e. The summed E-state index contributed by atoms with van der Waals surface area (Å²) in [4.78, 5) is 2.92. The number of hydrogen-bond donors (Lipinski definition) is 1. The van der Waals surface area contributed by atoms with Crippen molar-refractivity contribution in [2.45, 2.75) is 19.8 Å². The zero-order valence-corrected chi connectivity index (χ0v) is 6.37. The van der Waals surface area contributed by atoms with E-state index >= 15 is 0 Å². The van der Waals surface area contributed by atoms with E-state index in [4.69, 9.17) is 11.6 Å². The Balaban J connectivity index is 2.85. The van der Waals surface area contributed by atoms with Crippen LogP contribution in [0.1, 0.15) is 25.3 Å². The van der Waals surface area contributed by atoms with E-state index in [9.17, 15) is 0 Å². The monoisotopic (exact) mass is 143 g/mol. The minimum absolute atomic E-state index is 0.564. The van der Waals surface area contributed by atoms with Crippen LogP contribution < -0.4 is 0 Å². The molecule has 1 heterocycles. The number of rotatable bonds is 1. The molecule has 50 valence electrons. The Morgan fingerprint density at radius 1 is 1.56 bits per heavy atom. The largest absolute Gasteiger partial charge is 0.352 e. The standard InChI is InChI=1S/C7H10ClN/c1-5(2)6-3-7(8)9-4-6/h3-5,9H,1-2H3. The fourth-order valence-corrected chi connectivity index (χ4v) is 0.896. The van der Waals surface area contributed by atoms with Crippen LogP contribution in [0.5, 0.6) is 0 Å². The molecule has 0 bridgehead atoms. The first-order valence-electron chi connectivity index (χ1n) is 3.04. The van der Waals surface area contributed by atoms with Gasteiger partial charge in [0.15, 0.2) is 0 Å². The predicted octanol–water partition coefficient (Wildman–Crippen LogP) is 2.79. The summed E-state index contributed by atoms with van der Waals surface area (Å²) in [5, 5.41) is 0.721. The summed E-state index contributed by atoms with van der Waals surface area (Å²) in [6.45, 7) is 4.28. The minimum Gasteiger partial charge on any atom is -0.352 e. The van der Waals surface area contributed by atoms with Gasteiger partial charge in [-0.15, -0.1) is 0 Å². The summed E-state index contributed by atoms with van der Waals surface area (Å²) < 4.78 is 0. The number of H-pyrrole nitrogens is 1. The molecular weight excluding hydrogens is 134 g/mol. The second-order valence-electron chi connectivity index (χ2n) is 2.44. The SMILES string of the molecule is CC(C)c1c[nH]c(Cl)c1. The highest BCUT2D eigenvalue weighted by Crippen LogP contribution is 2.17. The van der Waals surface area contributed by atoms with Crippen molar-refractivity contribution in [1.82, 2.24) is 4.98 Å². The molecule has 0 unspecified atom stereocenters. The zero-order chi connectivity index (χ0) is 6.85. The topological polar surface area (TPSA) is 15.8 Å². The fourth-order valence-electron chi connectivity index (χ4n) is 0.715. The van der Waals surface area contributed by atoms with Crippen molar-refractivity contribution in [3.63, 3.8) is 0 Å². The Morgan fingerprint density at radius 3 is 2.44 bits per heavy atom. The third kappa shape index (κ3) is 1.49. The molecule has 1 aromatic heterocycles.